The lowest BCUT2D eigenvalue weighted by Crippen LogP contribution is -2.19. The Morgan fingerprint density at radius 2 is 2.24 bits per heavy atom. The van der Waals surface area contributed by atoms with Crippen LogP contribution in [0.3, 0.4) is 0 Å². The third-order valence-corrected chi connectivity index (χ3v) is 3.79. The van der Waals surface area contributed by atoms with E-state index in [9.17, 15) is 20.0 Å². The number of nitrogens with zero attached hydrogens (tertiary/aromatic N) is 3. The molecule has 2 rings (SSSR count). The molecule has 1 saturated heterocycles. The van der Waals surface area contributed by atoms with E-state index in [0.29, 0.717) is 16.3 Å². The summed E-state index contributed by atoms with van der Waals surface area (Å²) in [5.41, 5.74) is 0.924. The number of phenols is 1. The van der Waals surface area contributed by atoms with Crippen molar-refractivity contribution in [1.82, 2.24) is 5.32 Å². The van der Waals surface area contributed by atoms with Crippen LogP contribution in [0.1, 0.15) is 16.7 Å². The fraction of sp³-hybridized carbons (Fsp3) is 0.250. The van der Waals surface area contributed by atoms with Crippen molar-refractivity contribution in [2.24, 2.45) is 10.2 Å². The predicted molar refractivity (Wildman–Crippen MR) is 79.9 cm³/mol. The molecule has 0 radical (unpaired) electrons. The van der Waals surface area contributed by atoms with Gasteiger partial charge in [0.25, 0.3) is 0 Å². The fourth-order valence-corrected chi connectivity index (χ4v) is 2.39. The normalized spacial score (nSPS) is 16.7. The van der Waals surface area contributed by atoms with Crippen LogP contribution in [0, 0.1) is 24.0 Å². The van der Waals surface area contributed by atoms with Gasteiger partial charge in [-0.3, -0.25) is 14.9 Å². The van der Waals surface area contributed by atoms with E-state index < -0.39 is 10.7 Å². The lowest BCUT2D eigenvalue weighted by atomic mass is 10.0. The van der Waals surface area contributed by atoms with Gasteiger partial charge >= 0.3 is 5.69 Å². The molecule has 1 fully saturated rings. The first-order valence-electron chi connectivity index (χ1n) is 5.91. The summed E-state index contributed by atoms with van der Waals surface area (Å²) in [4.78, 5) is 21.3. The van der Waals surface area contributed by atoms with E-state index in [1.54, 1.807) is 19.9 Å². The minimum Gasteiger partial charge on any atom is -0.502 e. The van der Waals surface area contributed by atoms with Crippen molar-refractivity contribution in [3.8, 4) is 5.75 Å². The van der Waals surface area contributed by atoms with Crippen LogP contribution in [0.4, 0.5) is 5.69 Å². The second-order valence-electron chi connectivity index (χ2n) is 4.35. The fourth-order valence-electron chi connectivity index (χ4n) is 1.76. The number of aromatic hydroxyl groups is 1. The number of aryl methyl sites for hydroxylation is 1. The average Bonchev–Trinajstić information content (AvgIpc) is 2.81. The van der Waals surface area contributed by atoms with E-state index >= 15 is 0 Å². The molecule has 0 aromatic heterocycles. The van der Waals surface area contributed by atoms with Crippen LogP contribution in [-0.4, -0.2) is 33.1 Å². The lowest BCUT2D eigenvalue weighted by molar-refractivity contribution is -0.386. The molecule has 0 bridgehead atoms. The van der Waals surface area contributed by atoms with Gasteiger partial charge in [-0.1, -0.05) is 11.8 Å². The third kappa shape index (κ3) is 3.19. The molecule has 1 amide bonds. The molecule has 0 spiro atoms. The SMILES string of the molecule is Cc1cc(C=NN=C2NC(=O)CS2)c(O)c([N+](=O)[O-])c1C. The first-order chi connectivity index (χ1) is 9.90. The first-order valence-corrected chi connectivity index (χ1v) is 6.90. The number of amidine groups is 1. The lowest BCUT2D eigenvalue weighted by Gasteiger charge is -2.06. The van der Waals surface area contributed by atoms with E-state index in [1.165, 1.54) is 18.0 Å². The van der Waals surface area contributed by atoms with E-state index in [2.05, 4.69) is 15.5 Å². The number of nitro benzene ring substituents is 1. The molecule has 110 valence electrons. The summed E-state index contributed by atoms with van der Waals surface area (Å²) in [6.07, 6.45) is 1.22. The molecular weight excluding hydrogens is 296 g/mol. The van der Waals surface area contributed by atoms with Gasteiger partial charge in [0, 0.05) is 11.1 Å². The second-order valence-corrected chi connectivity index (χ2v) is 5.31. The van der Waals surface area contributed by atoms with Crippen molar-refractivity contribution in [3.05, 3.63) is 32.9 Å². The number of nitro groups is 1. The van der Waals surface area contributed by atoms with Crippen molar-refractivity contribution >= 4 is 34.7 Å². The van der Waals surface area contributed by atoms with E-state index in [4.69, 9.17) is 0 Å². The highest BCUT2D eigenvalue weighted by Gasteiger charge is 2.22. The van der Waals surface area contributed by atoms with Gasteiger partial charge in [-0.05, 0) is 25.5 Å². The van der Waals surface area contributed by atoms with Gasteiger partial charge in [0.2, 0.25) is 11.7 Å². The Bertz CT molecular complexity index is 684. The Labute approximate surface area is 124 Å². The number of carbonyl (C=O) groups excluding carboxylic acids is 1. The van der Waals surface area contributed by atoms with Crippen molar-refractivity contribution in [2.45, 2.75) is 13.8 Å². The van der Waals surface area contributed by atoms with Gasteiger partial charge in [0.05, 0.1) is 16.9 Å². The van der Waals surface area contributed by atoms with Crippen LogP contribution in [0.2, 0.25) is 0 Å². The maximum absolute atomic E-state index is 11.0. The largest absolute Gasteiger partial charge is 0.502 e. The molecule has 1 aromatic carbocycles. The molecule has 0 unspecified atom stereocenters. The Hall–Kier alpha value is -2.42. The molecule has 21 heavy (non-hydrogen) atoms. The van der Waals surface area contributed by atoms with Gasteiger partial charge in [0.1, 0.15) is 0 Å². The summed E-state index contributed by atoms with van der Waals surface area (Å²) < 4.78 is 0. The summed E-state index contributed by atoms with van der Waals surface area (Å²) >= 11 is 1.21. The number of thioether (sulfide) groups is 1. The molecule has 9 heteroatoms. The molecule has 1 heterocycles. The molecule has 1 aliphatic rings. The highest BCUT2D eigenvalue weighted by molar-refractivity contribution is 8.15. The number of carbonyl (C=O) groups is 1. The maximum Gasteiger partial charge on any atom is 0.314 e. The summed E-state index contributed by atoms with van der Waals surface area (Å²) in [5, 5.41) is 31.3. The van der Waals surface area contributed by atoms with E-state index in [-0.39, 0.29) is 22.9 Å². The Morgan fingerprint density at radius 1 is 1.52 bits per heavy atom. The van der Waals surface area contributed by atoms with Gasteiger partial charge in [-0.2, -0.15) is 5.10 Å². The standard InChI is InChI=1S/C12H12N4O4S/c1-6-3-8(11(18)10(7(6)2)16(19)20)4-13-15-12-14-9(17)5-21-12/h3-4,18H,5H2,1-2H3,(H,14,15,17). The average molecular weight is 308 g/mol. The molecule has 0 saturated carbocycles. The van der Waals surface area contributed by atoms with Crippen molar-refractivity contribution < 1.29 is 14.8 Å². The Balaban J connectivity index is 2.32. The number of hydrogen-bond donors (Lipinski definition) is 2. The Morgan fingerprint density at radius 3 is 2.81 bits per heavy atom. The number of rotatable bonds is 3. The van der Waals surface area contributed by atoms with E-state index in [1.807, 2.05) is 0 Å². The zero-order chi connectivity index (χ0) is 15.6. The van der Waals surface area contributed by atoms with Crippen molar-refractivity contribution in [3.63, 3.8) is 0 Å². The predicted octanol–water partition coefficient (Wildman–Crippen LogP) is 1.47. The molecule has 2 N–H and O–H groups in total. The van der Waals surface area contributed by atoms with Crippen LogP contribution in [0.5, 0.6) is 5.75 Å². The molecular formula is C12H12N4O4S. The van der Waals surface area contributed by atoms with Gasteiger partial charge < -0.3 is 10.4 Å². The second kappa shape index (κ2) is 5.92. The van der Waals surface area contributed by atoms with Crippen molar-refractivity contribution in [1.29, 1.82) is 0 Å². The number of hydrogen-bond acceptors (Lipinski definition) is 7. The van der Waals surface area contributed by atoms with Crippen LogP contribution in [0.15, 0.2) is 16.3 Å². The van der Waals surface area contributed by atoms with Gasteiger partial charge in [-0.15, -0.1) is 5.10 Å². The van der Waals surface area contributed by atoms with Crippen LogP contribution in [0.25, 0.3) is 0 Å². The highest BCUT2D eigenvalue weighted by Crippen LogP contribution is 2.34. The van der Waals surface area contributed by atoms with E-state index in [0.717, 1.165) is 0 Å². The zero-order valence-corrected chi connectivity index (χ0v) is 12.1. The summed E-state index contributed by atoms with van der Waals surface area (Å²) in [6.45, 7) is 3.27. The monoisotopic (exact) mass is 308 g/mol. The highest BCUT2D eigenvalue weighted by atomic mass is 32.2. The summed E-state index contributed by atoms with van der Waals surface area (Å²) in [6, 6.07) is 1.59. The number of benzene rings is 1. The summed E-state index contributed by atoms with van der Waals surface area (Å²) in [7, 11) is 0. The van der Waals surface area contributed by atoms with Crippen LogP contribution in [-0.2, 0) is 4.79 Å². The molecule has 1 aromatic rings. The first kappa shape index (κ1) is 15.0. The molecule has 0 atom stereocenters. The minimum atomic E-state index is -0.631. The minimum absolute atomic E-state index is 0.154. The van der Waals surface area contributed by atoms with Gasteiger partial charge in [-0.25, -0.2) is 0 Å². The van der Waals surface area contributed by atoms with Crippen molar-refractivity contribution in [2.75, 3.05) is 5.75 Å². The van der Waals surface area contributed by atoms with Crippen LogP contribution < -0.4 is 5.32 Å². The topological polar surface area (TPSA) is 117 Å². The number of nitrogens with one attached hydrogen (secondary N) is 1. The smallest absolute Gasteiger partial charge is 0.314 e. The quantitative estimate of drug-likeness (QED) is 0.498. The third-order valence-electron chi connectivity index (χ3n) is 2.93. The number of amides is 1. The van der Waals surface area contributed by atoms with Gasteiger partial charge in [0.15, 0.2) is 5.17 Å². The summed E-state index contributed by atoms with van der Waals surface area (Å²) in [5.74, 6) is -0.317. The number of phenolic OH excluding ortho intramolecular Hbond substituents is 1. The van der Waals surface area contributed by atoms with Crippen LogP contribution >= 0.6 is 11.8 Å². The molecule has 8 nitrogen and oxygen atoms in total. The Kier molecular flexibility index (Phi) is 4.22. The molecule has 0 aliphatic carbocycles. The zero-order valence-electron chi connectivity index (χ0n) is 11.3. The maximum atomic E-state index is 11.0. The molecule has 1 aliphatic heterocycles.